The zero-order valence-electron chi connectivity index (χ0n) is 15.8. The van der Waals surface area contributed by atoms with Crippen molar-refractivity contribution in [3.63, 3.8) is 0 Å². The summed E-state index contributed by atoms with van der Waals surface area (Å²) in [6, 6.07) is 15.4. The molecule has 0 aliphatic rings. The quantitative estimate of drug-likeness (QED) is 0.436. The molecule has 0 radical (unpaired) electrons. The second-order valence-electron chi connectivity index (χ2n) is 6.36. The van der Waals surface area contributed by atoms with Gasteiger partial charge in [-0.05, 0) is 45.9 Å². The molecule has 0 spiro atoms. The van der Waals surface area contributed by atoms with Crippen LogP contribution in [0, 0.1) is 3.57 Å². The van der Waals surface area contributed by atoms with Crippen LogP contribution in [0.15, 0.2) is 54.6 Å². The van der Waals surface area contributed by atoms with Gasteiger partial charge in [-0.15, -0.1) is 0 Å². The highest BCUT2D eigenvalue weighted by atomic mass is 127. The molecule has 0 bridgehead atoms. The van der Waals surface area contributed by atoms with Gasteiger partial charge in [-0.1, -0.05) is 42.5 Å². The molecule has 0 fully saturated rings. The number of hydrogen-bond donors (Lipinski definition) is 2. The van der Waals surface area contributed by atoms with E-state index in [0.717, 1.165) is 14.7 Å². The van der Waals surface area contributed by atoms with Crippen molar-refractivity contribution in [2.45, 2.75) is 31.8 Å². The maximum Gasteiger partial charge on any atom is 0.328 e. The Morgan fingerprint density at radius 2 is 1.46 bits per heavy atom. The third-order valence-electron chi connectivity index (χ3n) is 4.13. The monoisotopic (exact) mass is 494 g/mol. The van der Waals surface area contributed by atoms with Gasteiger partial charge in [0.05, 0.1) is 7.11 Å². The highest BCUT2D eigenvalue weighted by molar-refractivity contribution is 14.1. The zero-order valence-corrected chi connectivity index (χ0v) is 17.9. The van der Waals surface area contributed by atoms with Gasteiger partial charge in [0.1, 0.15) is 12.1 Å². The van der Waals surface area contributed by atoms with E-state index in [1.54, 1.807) is 0 Å². The molecular weight excluding hydrogens is 471 g/mol. The number of methoxy groups -OCH3 is 1. The summed E-state index contributed by atoms with van der Waals surface area (Å²) in [6.45, 7) is 1.36. The van der Waals surface area contributed by atoms with Crippen molar-refractivity contribution in [2.75, 3.05) is 7.11 Å². The summed E-state index contributed by atoms with van der Waals surface area (Å²) in [6.07, 6.45) is 0.622. The lowest BCUT2D eigenvalue weighted by molar-refractivity contribution is -0.145. The average Bonchev–Trinajstić information content (AvgIpc) is 2.68. The van der Waals surface area contributed by atoms with Crippen LogP contribution in [0.1, 0.15) is 18.1 Å². The van der Waals surface area contributed by atoms with E-state index in [4.69, 9.17) is 4.74 Å². The Morgan fingerprint density at radius 3 is 2.04 bits per heavy atom. The molecule has 2 atom stereocenters. The fourth-order valence-corrected chi connectivity index (χ4v) is 3.13. The summed E-state index contributed by atoms with van der Waals surface area (Å²) in [5.41, 5.74) is 1.80. The Balaban J connectivity index is 2.14. The van der Waals surface area contributed by atoms with Crippen LogP contribution in [0.25, 0.3) is 0 Å². The van der Waals surface area contributed by atoms with Crippen LogP contribution >= 0.6 is 22.6 Å². The topological polar surface area (TPSA) is 84.5 Å². The standard InChI is InChI=1S/C21H23IN2O4/c1-14(25)23-18(12-15-6-4-3-5-7-15)20(26)24-19(21(27)28-2)13-16-8-10-17(22)11-9-16/h3-11,18-19H,12-13H2,1-2H3,(H,23,25)(H,24,26)/t18-,19+/m0/s1. The van der Waals surface area contributed by atoms with E-state index in [2.05, 4.69) is 33.2 Å². The second-order valence-corrected chi connectivity index (χ2v) is 7.60. The molecular formula is C21H23IN2O4. The van der Waals surface area contributed by atoms with Gasteiger partial charge in [-0.25, -0.2) is 4.79 Å². The summed E-state index contributed by atoms with van der Waals surface area (Å²) in [4.78, 5) is 36.6. The minimum absolute atomic E-state index is 0.299. The number of esters is 1. The molecule has 0 aliphatic heterocycles. The lowest BCUT2D eigenvalue weighted by atomic mass is 10.0. The molecule has 0 heterocycles. The van der Waals surface area contributed by atoms with Crippen molar-refractivity contribution in [3.05, 3.63) is 69.3 Å². The Bertz CT molecular complexity index is 809. The molecule has 2 amide bonds. The maximum absolute atomic E-state index is 12.8. The molecule has 0 aliphatic carbocycles. The number of ether oxygens (including phenoxy) is 1. The Kier molecular flexibility index (Phi) is 8.43. The summed E-state index contributed by atoms with van der Waals surface area (Å²) in [5, 5.41) is 5.38. The fourth-order valence-electron chi connectivity index (χ4n) is 2.77. The Hall–Kier alpha value is -2.42. The van der Waals surface area contributed by atoms with Crippen molar-refractivity contribution < 1.29 is 19.1 Å². The molecule has 148 valence electrons. The van der Waals surface area contributed by atoms with E-state index in [9.17, 15) is 14.4 Å². The molecule has 28 heavy (non-hydrogen) atoms. The van der Waals surface area contributed by atoms with Crippen LogP contribution < -0.4 is 10.6 Å². The number of carbonyl (C=O) groups excluding carboxylic acids is 3. The van der Waals surface area contributed by atoms with Gasteiger partial charge in [0.15, 0.2) is 0 Å². The number of halogens is 1. The third-order valence-corrected chi connectivity index (χ3v) is 4.85. The normalized spacial score (nSPS) is 12.5. The maximum atomic E-state index is 12.8. The molecule has 2 rings (SSSR count). The lowest BCUT2D eigenvalue weighted by Crippen LogP contribution is -2.53. The van der Waals surface area contributed by atoms with Gasteiger partial charge in [0, 0.05) is 23.3 Å². The molecule has 0 saturated heterocycles. The van der Waals surface area contributed by atoms with Gasteiger partial charge in [0.25, 0.3) is 0 Å². The first kappa shape index (κ1) is 21.9. The van der Waals surface area contributed by atoms with E-state index >= 15 is 0 Å². The van der Waals surface area contributed by atoms with E-state index < -0.39 is 24.0 Å². The van der Waals surface area contributed by atoms with Crippen molar-refractivity contribution in [1.82, 2.24) is 10.6 Å². The van der Waals surface area contributed by atoms with Gasteiger partial charge < -0.3 is 15.4 Å². The van der Waals surface area contributed by atoms with E-state index in [-0.39, 0.29) is 5.91 Å². The van der Waals surface area contributed by atoms with Gasteiger partial charge in [-0.3, -0.25) is 9.59 Å². The SMILES string of the molecule is COC(=O)[C@@H](Cc1ccc(I)cc1)NC(=O)[C@H](Cc1ccccc1)NC(C)=O. The smallest absolute Gasteiger partial charge is 0.328 e. The van der Waals surface area contributed by atoms with E-state index in [0.29, 0.717) is 12.8 Å². The van der Waals surface area contributed by atoms with Crippen LogP contribution in [0.3, 0.4) is 0 Å². The van der Waals surface area contributed by atoms with Crippen LogP contribution in [0.5, 0.6) is 0 Å². The molecule has 0 saturated carbocycles. The first-order valence-electron chi connectivity index (χ1n) is 8.82. The number of amides is 2. The Labute approximate surface area is 178 Å². The van der Waals surface area contributed by atoms with Crippen molar-refractivity contribution >= 4 is 40.4 Å². The zero-order chi connectivity index (χ0) is 20.5. The fraction of sp³-hybridized carbons (Fsp3) is 0.286. The number of hydrogen-bond acceptors (Lipinski definition) is 4. The van der Waals surface area contributed by atoms with Crippen LogP contribution in [0.2, 0.25) is 0 Å². The molecule has 2 aromatic rings. The van der Waals surface area contributed by atoms with Gasteiger partial charge in [-0.2, -0.15) is 0 Å². The molecule has 2 aromatic carbocycles. The van der Waals surface area contributed by atoms with Crippen molar-refractivity contribution in [2.24, 2.45) is 0 Å². The first-order valence-corrected chi connectivity index (χ1v) is 9.90. The predicted molar refractivity (Wildman–Crippen MR) is 115 cm³/mol. The highest BCUT2D eigenvalue weighted by Gasteiger charge is 2.27. The molecule has 0 aromatic heterocycles. The largest absolute Gasteiger partial charge is 0.467 e. The number of carbonyl (C=O) groups is 3. The lowest BCUT2D eigenvalue weighted by Gasteiger charge is -2.22. The second kappa shape index (κ2) is 10.8. The first-order chi connectivity index (χ1) is 13.4. The molecule has 2 N–H and O–H groups in total. The highest BCUT2D eigenvalue weighted by Crippen LogP contribution is 2.10. The van der Waals surface area contributed by atoms with Gasteiger partial charge >= 0.3 is 5.97 Å². The summed E-state index contributed by atoms with van der Waals surface area (Å²) >= 11 is 2.20. The number of benzene rings is 2. The molecule has 6 nitrogen and oxygen atoms in total. The Morgan fingerprint density at radius 1 is 0.893 bits per heavy atom. The van der Waals surface area contributed by atoms with Crippen LogP contribution in [-0.2, 0) is 32.0 Å². The molecule has 0 unspecified atom stereocenters. The van der Waals surface area contributed by atoms with Crippen LogP contribution in [-0.4, -0.2) is 37.0 Å². The van der Waals surface area contributed by atoms with Crippen LogP contribution in [0.4, 0.5) is 0 Å². The van der Waals surface area contributed by atoms with E-state index in [1.807, 2.05) is 54.6 Å². The average molecular weight is 494 g/mol. The summed E-state index contributed by atoms with van der Waals surface area (Å²) < 4.78 is 5.92. The minimum atomic E-state index is -0.843. The predicted octanol–water partition coefficient (Wildman–Crippen LogP) is 2.24. The van der Waals surface area contributed by atoms with Gasteiger partial charge in [0.2, 0.25) is 11.8 Å². The summed E-state index contributed by atoms with van der Waals surface area (Å²) in [7, 11) is 1.28. The third kappa shape index (κ3) is 6.95. The summed E-state index contributed by atoms with van der Waals surface area (Å²) in [5.74, 6) is -1.28. The van der Waals surface area contributed by atoms with E-state index in [1.165, 1.54) is 14.0 Å². The van der Waals surface area contributed by atoms with Crippen molar-refractivity contribution in [3.8, 4) is 0 Å². The van der Waals surface area contributed by atoms with Crippen molar-refractivity contribution in [1.29, 1.82) is 0 Å². The minimum Gasteiger partial charge on any atom is -0.467 e. The number of rotatable bonds is 8. The number of nitrogens with one attached hydrogen (secondary N) is 2. The molecule has 7 heteroatoms.